The Morgan fingerprint density at radius 1 is 1.56 bits per heavy atom. The van der Waals surface area contributed by atoms with Gasteiger partial charge in [-0.25, -0.2) is 10.6 Å². The van der Waals surface area contributed by atoms with Crippen molar-refractivity contribution in [2.24, 2.45) is 17.5 Å². The van der Waals surface area contributed by atoms with E-state index < -0.39 is 11.2 Å². The zero-order valence-electron chi connectivity index (χ0n) is 10.8. The molecular formula is C11H19N5O2. The van der Waals surface area contributed by atoms with Gasteiger partial charge in [-0.2, -0.15) is 0 Å². The van der Waals surface area contributed by atoms with E-state index >= 15 is 0 Å². The van der Waals surface area contributed by atoms with Gasteiger partial charge < -0.3 is 5.73 Å². The molecule has 0 unspecified atom stereocenters. The van der Waals surface area contributed by atoms with E-state index in [9.17, 15) is 9.59 Å². The van der Waals surface area contributed by atoms with Crippen LogP contribution in [0.3, 0.4) is 0 Å². The molecular weight excluding hydrogens is 234 g/mol. The summed E-state index contributed by atoms with van der Waals surface area (Å²) < 4.78 is 1.31. The largest absolute Gasteiger partial charge is 0.401 e. The quantitative estimate of drug-likeness (QED) is 0.492. The van der Waals surface area contributed by atoms with Gasteiger partial charge in [-0.3, -0.25) is 19.4 Å². The Balaban J connectivity index is 2.92. The molecule has 0 aliphatic heterocycles. The molecule has 100 valence electrons. The van der Waals surface area contributed by atoms with Crippen molar-refractivity contribution in [3.63, 3.8) is 0 Å². The number of aryl methyl sites for hydroxylation is 1. The molecule has 0 bridgehead atoms. The molecule has 7 heteroatoms. The van der Waals surface area contributed by atoms with Crippen LogP contribution in [0.4, 0.5) is 0 Å². The van der Waals surface area contributed by atoms with Crippen LogP contribution in [0.15, 0.2) is 27.7 Å². The Labute approximate surface area is 105 Å². The third kappa shape index (κ3) is 3.49. The Bertz CT molecular complexity index is 555. The summed E-state index contributed by atoms with van der Waals surface area (Å²) in [6, 6.07) is 0. The molecule has 7 nitrogen and oxygen atoms in total. The number of rotatable bonds is 4. The van der Waals surface area contributed by atoms with E-state index in [0.29, 0.717) is 11.3 Å². The standard InChI is InChI=1S/C11H19N5O2/c1-7(2)9(12)5-16(13)6-15-4-8(3)10(17)14-11(15)18/h4-5,7H,6,12-13H2,1-3H3,(H,14,17,18)/b9-5-. The van der Waals surface area contributed by atoms with Gasteiger partial charge in [-0.1, -0.05) is 13.8 Å². The van der Waals surface area contributed by atoms with E-state index in [4.69, 9.17) is 11.6 Å². The smallest absolute Gasteiger partial charge is 0.329 e. The van der Waals surface area contributed by atoms with Crippen LogP contribution >= 0.6 is 0 Å². The van der Waals surface area contributed by atoms with E-state index in [-0.39, 0.29) is 12.6 Å². The van der Waals surface area contributed by atoms with Gasteiger partial charge in [0.1, 0.15) is 6.67 Å². The van der Waals surface area contributed by atoms with E-state index in [1.807, 2.05) is 13.8 Å². The van der Waals surface area contributed by atoms with E-state index in [1.165, 1.54) is 15.8 Å². The Kier molecular flexibility index (Phi) is 4.33. The average molecular weight is 253 g/mol. The SMILES string of the molecule is Cc1cn(CN(N)/C=C(\N)C(C)C)c(=O)[nH]c1=O. The highest BCUT2D eigenvalue weighted by atomic mass is 16.2. The predicted molar refractivity (Wildman–Crippen MR) is 69.2 cm³/mol. The monoisotopic (exact) mass is 253 g/mol. The number of aromatic amines is 1. The Hall–Kier alpha value is -2.02. The molecule has 1 aromatic heterocycles. The number of H-pyrrole nitrogens is 1. The summed E-state index contributed by atoms with van der Waals surface area (Å²) in [6.07, 6.45) is 3.03. The third-order valence-corrected chi connectivity index (χ3v) is 2.49. The number of hydrogen-bond acceptors (Lipinski definition) is 5. The van der Waals surface area contributed by atoms with E-state index in [1.54, 1.807) is 13.1 Å². The molecule has 0 aliphatic carbocycles. The minimum absolute atomic E-state index is 0.115. The summed E-state index contributed by atoms with van der Waals surface area (Å²) in [4.78, 5) is 24.9. The van der Waals surface area contributed by atoms with Gasteiger partial charge >= 0.3 is 5.69 Å². The molecule has 0 saturated heterocycles. The lowest BCUT2D eigenvalue weighted by molar-refractivity contribution is 0.301. The molecule has 18 heavy (non-hydrogen) atoms. The van der Waals surface area contributed by atoms with Crippen molar-refractivity contribution in [1.29, 1.82) is 0 Å². The van der Waals surface area contributed by atoms with Gasteiger partial charge in [0.05, 0.1) is 0 Å². The van der Waals surface area contributed by atoms with Crippen LogP contribution in [0, 0.1) is 12.8 Å². The summed E-state index contributed by atoms with van der Waals surface area (Å²) in [6.45, 7) is 5.61. The maximum absolute atomic E-state index is 11.5. The zero-order chi connectivity index (χ0) is 13.9. The van der Waals surface area contributed by atoms with Crippen molar-refractivity contribution in [3.05, 3.63) is 44.5 Å². The average Bonchev–Trinajstić information content (AvgIpc) is 2.25. The van der Waals surface area contributed by atoms with Gasteiger partial charge in [0.2, 0.25) is 0 Å². The number of nitrogens with zero attached hydrogens (tertiary/aromatic N) is 2. The molecule has 1 aromatic rings. The first-order valence-electron chi connectivity index (χ1n) is 5.60. The number of hydrazine groups is 1. The number of allylic oxidation sites excluding steroid dienone is 1. The van der Waals surface area contributed by atoms with Gasteiger partial charge in [-0.15, -0.1) is 0 Å². The topological polar surface area (TPSA) is 110 Å². The maximum Gasteiger partial charge on any atom is 0.329 e. The lowest BCUT2D eigenvalue weighted by atomic mass is 10.2. The molecule has 0 radical (unpaired) electrons. The summed E-state index contributed by atoms with van der Waals surface area (Å²) in [5.74, 6) is 5.90. The second kappa shape index (κ2) is 5.54. The molecule has 1 heterocycles. The van der Waals surface area contributed by atoms with Crippen molar-refractivity contribution < 1.29 is 0 Å². The molecule has 0 atom stereocenters. The van der Waals surface area contributed by atoms with E-state index in [2.05, 4.69) is 4.98 Å². The van der Waals surface area contributed by atoms with Crippen LogP contribution in [-0.2, 0) is 6.67 Å². The van der Waals surface area contributed by atoms with Gasteiger partial charge in [0.25, 0.3) is 5.56 Å². The molecule has 0 spiro atoms. The molecule has 0 aromatic carbocycles. The van der Waals surface area contributed by atoms with Gasteiger partial charge in [0.15, 0.2) is 0 Å². The predicted octanol–water partition coefficient (Wildman–Crippen LogP) is -0.566. The third-order valence-electron chi connectivity index (χ3n) is 2.49. The Morgan fingerprint density at radius 2 is 2.17 bits per heavy atom. The number of nitrogens with one attached hydrogen (secondary N) is 1. The first-order valence-corrected chi connectivity index (χ1v) is 5.60. The first-order chi connectivity index (χ1) is 8.31. The van der Waals surface area contributed by atoms with E-state index in [0.717, 1.165) is 0 Å². The van der Waals surface area contributed by atoms with Crippen LogP contribution in [-0.4, -0.2) is 14.6 Å². The molecule has 0 aliphatic rings. The highest BCUT2D eigenvalue weighted by molar-refractivity contribution is 5.01. The molecule has 0 amide bonds. The fourth-order valence-corrected chi connectivity index (χ4v) is 1.28. The first kappa shape index (κ1) is 14.0. The fourth-order valence-electron chi connectivity index (χ4n) is 1.28. The number of nitrogens with two attached hydrogens (primary N) is 2. The van der Waals surface area contributed by atoms with Crippen LogP contribution < -0.4 is 22.8 Å². The molecule has 0 saturated carbocycles. The Morgan fingerprint density at radius 3 is 2.72 bits per heavy atom. The highest BCUT2D eigenvalue weighted by Crippen LogP contribution is 2.02. The fraction of sp³-hybridized carbons (Fsp3) is 0.455. The van der Waals surface area contributed by atoms with Crippen molar-refractivity contribution in [1.82, 2.24) is 14.6 Å². The second-order valence-corrected chi connectivity index (χ2v) is 4.48. The summed E-state index contributed by atoms with van der Waals surface area (Å²) >= 11 is 0. The minimum atomic E-state index is -0.502. The lowest BCUT2D eigenvalue weighted by Gasteiger charge is -2.17. The maximum atomic E-state index is 11.5. The normalized spacial score (nSPS) is 11.9. The van der Waals surface area contributed by atoms with Crippen LogP contribution in [0.2, 0.25) is 0 Å². The highest BCUT2D eigenvalue weighted by Gasteiger charge is 2.04. The molecule has 5 N–H and O–H groups in total. The molecule has 1 rings (SSSR count). The van der Waals surface area contributed by atoms with Crippen molar-refractivity contribution in [2.75, 3.05) is 0 Å². The van der Waals surface area contributed by atoms with Crippen LogP contribution in [0.5, 0.6) is 0 Å². The number of aromatic nitrogens is 2. The van der Waals surface area contributed by atoms with Gasteiger partial charge in [-0.05, 0) is 12.8 Å². The van der Waals surface area contributed by atoms with Gasteiger partial charge in [0, 0.05) is 23.7 Å². The summed E-state index contributed by atoms with van der Waals surface area (Å²) in [7, 11) is 0. The lowest BCUT2D eigenvalue weighted by Crippen LogP contribution is -2.38. The zero-order valence-corrected chi connectivity index (χ0v) is 10.8. The van der Waals surface area contributed by atoms with Crippen LogP contribution in [0.25, 0.3) is 0 Å². The van der Waals surface area contributed by atoms with Crippen molar-refractivity contribution in [3.8, 4) is 0 Å². The number of hydrogen-bond donors (Lipinski definition) is 3. The van der Waals surface area contributed by atoms with Crippen molar-refractivity contribution >= 4 is 0 Å². The van der Waals surface area contributed by atoms with Crippen molar-refractivity contribution in [2.45, 2.75) is 27.4 Å². The minimum Gasteiger partial charge on any atom is -0.401 e. The molecule has 0 fully saturated rings. The van der Waals surface area contributed by atoms with Crippen LogP contribution in [0.1, 0.15) is 19.4 Å². The summed E-state index contributed by atoms with van der Waals surface area (Å²) in [5, 5.41) is 1.30. The second-order valence-electron chi connectivity index (χ2n) is 4.48. The summed E-state index contributed by atoms with van der Waals surface area (Å²) in [5.41, 5.74) is 5.93.